The van der Waals surface area contributed by atoms with E-state index in [9.17, 15) is 4.21 Å². The van der Waals surface area contributed by atoms with Crippen molar-refractivity contribution in [1.29, 1.82) is 0 Å². The predicted octanol–water partition coefficient (Wildman–Crippen LogP) is 3.61. The Labute approximate surface area is 160 Å². The van der Waals surface area contributed by atoms with Crippen molar-refractivity contribution in [2.24, 2.45) is 0 Å². The highest BCUT2D eigenvalue weighted by Crippen LogP contribution is 2.28. The summed E-state index contributed by atoms with van der Waals surface area (Å²) in [5, 5.41) is 12.1. The summed E-state index contributed by atoms with van der Waals surface area (Å²) >= 11 is 5.45. The van der Waals surface area contributed by atoms with E-state index in [0.717, 1.165) is 23.1 Å². The summed E-state index contributed by atoms with van der Waals surface area (Å²) in [5.74, 6) is 0.625. The van der Waals surface area contributed by atoms with E-state index in [1.807, 2.05) is 29.1 Å². The van der Waals surface area contributed by atoms with Crippen molar-refractivity contribution >= 4 is 50.4 Å². The average Bonchev–Trinajstić information content (AvgIpc) is 3.05. The van der Waals surface area contributed by atoms with Gasteiger partial charge in [-0.1, -0.05) is 6.07 Å². The van der Waals surface area contributed by atoms with E-state index in [-0.39, 0.29) is 0 Å². The standard InChI is InChI=1S/C18H20N4O2S2/c1-4-22-16-7-5-6-14(13(16)11-19-22)20-18(25)21-15-10-12(26(3)23)8-9-17(15)24-2/h5-11H,4H2,1-3H3,(H2,20,21,25). The molecule has 8 heteroatoms. The summed E-state index contributed by atoms with van der Waals surface area (Å²) in [6.45, 7) is 2.85. The number of methoxy groups -OCH3 is 1. The van der Waals surface area contributed by atoms with Crippen molar-refractivity contribution in [3.63, 3.8) is 0 Å². The first-order valence-corrected chi connectivity index (χ1v) is 10.0. The van der Waals surface area contributed by atoms with E-state index in [2.05, 4.69) is 22.7 Å². The third-order valence-electron chi connectivity index (χ3n) is 3.99. The maximum atomic E-state index is 11.7. The predicted molar refractivity (Wildman–Crippen MR) is 111 cm³/mol. The van der Waals surface area contributed by atoms with E-state index in [4.69, 9.17) is 17.0 Å². The molecule has 0 aliphatic heterocycles. The molecule has 1 heterocycles. The molecule has 0 saturated carbocycles. The summed E-state index contributed by atoms with van der Waals surface area (Å²) in [6, 6.07) is 11.3. The van der Waals surface area contributed by atoms with Crippen molar-refractivity contribution in [2.75, 3.05) is 24.0 Å². The maximum absolute atomic E-state index is 11.7. The molecule has 3 rings (SSSR count). The monoisotopic (exact) mass is 388 g/mol. The molecule has 0 aliphatic carbocycles. The number of anilines is 2. The van der Waals surface area contributed by atoms with E-state index in [0.29, 0.717) is 21.4 Å². The Kier molecular flexibility index (Phi) is 5.53. The highest BCUT2D eigenvalue weighted by atomic mass is 32.2. The zero-order valence-corrected chi connectivity index (χ0v) is 16.4. The van der Waals surface area contributed by atoms with Gasteiger partial charge >= 0.3 is 0 Å². The van der Waals surface area contributed by atoms with Gasteiger partial charge in [-0.15, -0.1) is 0 Å². The van der Waals surface area contributed by atoms with Gasteiger partial charge in [0.2, 0.25) is 0 Å². The molecule has 0 saturated heterocycles. The quantitative estimate of drug-likeness (QED) is 0.651. The number of rotatable bonds is 5. The highest BCUT2D eigenvalue weighted by Gasteiger charge is 2.11. The minimum absolute atomic E-state index is 0.416. The number of benzene rings is 2. The first kappa shape index (κ1) is 18.3. The minimum Gasteiger partial charge on any atom is -0.495 e. The molecule has 136 valence electrons. The molecule has 0 bridgehead atoms. The molecule has 0 fully saturated rings. The van der Waals surface area contributed by atoms with Gasteiger partial charge in [0.15, 0.2) is 5.11 Å². The van der Waals surface area contributed by atoms with Gasteiger partial charge in [-0.2, -0.15) is 5.10 Å². The second-order valence-electron chi connectivity index (χ2n) is 5.59. The molecule has 6 nitrogen and oxygen atoms in total. The van der Waals surface area contributed by atoms with Crippen LogP contribution in [0.15, 0.2) is 47.5 Å². The minimum atomic E-state index is -1.09. The van der Waals surface area contributed by atoms with Gasteiger partial charge < -0.3 is 15.4 Å². The molecule has 0 amide bonds. The van der Waals surface area contributed by atoms with E-state index >= 15 is 0 Å². The van der Waals surface area contributed by atoms with Crippen LogP contribution < -0.4 is 15.4 Å². The lowest BCUT2D eigenvalue weighted by atomic mass is 10.2. The Bertz CT molecular complexity index is 984. The summed E-state index contributed by atoms with van der Waals surface area (Å²) in [7, 11) is 0.493. The van der Waals surface area contributed by atoms with Crippen LogP contribution in [0.5, 0.6) is 5.75 Å². The third kappa shape index (κ3) is 3.71. The van der Waals surface area contributed by atoms with Crippen LogP contribution in [0.2, 0.25) is 0 Å². The number of hydrogen-bond acceptors (Lipinski definition) is 4. The second kappa shape index (κ2) is 7.84. The number of hydrogen-bond donors (Lipinski definition) is 2. The molecular weight excluding hydrogens is 368 g/mol. The molecule has 0 radical (unpaired) electrons. The molecule has 3 aromatic rings. The van der Waals surface area contributed by atoms with Gasteiger partial charge in [0.1, 0.15) is 5.75 Å². The number of fused-ring (bicyclic) bond motifs is 1. The average molecular weight is 389 g/mol. The van der Waals surface area contributed by atoms with Crippen molar-refractivity contribution < 1.29 is 8.95 Å². The normalized spacial score (nSPS) is 12.0. The zero-order chi connectivity index (χ0) is 18.7. The van der Waals surface area contributed by atoms with Crippen LogP contribution in [-0.2, 0) is 17.3 Å². The number of nitrogens with zero attached hydrogens (tertiary/aromatic N) is 2. The molecule has 1 unspecified atom stereocenters. The van der Waals surface area contributed by atoms with Gasteiger partial charge in [0.05, 0.1) is 30.2 Å². The Balaban J connectivity index is 1.85. The molecule has 26 heavy (non-hydrogen) atoms. The van der Waals surface area contributed by atoms with Crippen LogP contribution in [0.25, 0.3) is 10.9 Å². The van der Waals surface area contributed by atoms with E-state index in [1.54, 1.807) is 31.6 Å². The summed E-state index contributed by atoms with van der Waals surface area (Å²) in [6.07, 6.45) is 3.46. The number of aryl methyl sites for hydroxylation is 1. The fourth-order valence-electron chi connectivity index (χ4n) is 2.70. The Morgan fingerprint density at radius 1 is 1.27 bits per heavy atom. The topological polar surface area (TPSA) is 68.2 Å². The van der Waals surface area contributed by atoms with Crippen LogP contribution in [0, 0.1) is 0 Å². The highest BCUT2D eigenvalue weighted by molar-refractivity contribution is 7.84. The number of nitrogens with one attached hydrogen (secondary N) is 2. The van der Waals surface area contributed by atoms with Crippen molar-refractivity contribution in [3.8, 4) is 5.75 Å². The lowest BCUT2D eigenvalue weighted by Crippen LogP contribution is -2.19. The summed E-state index contributed by atoms with van der Waals surface area (Å²) in [5.41, 5.74) is 2.57. The Hall–Kier alpha value is -2.45. The lowest BCUT2D eigenvalue weighted by Gasteiger charge is -2.15. The van der Waals surface area contributed by atoms with Crippen LogP contribution in [0.1, 0.15) is 6.92 Å². The van der Waals surface area contributed by atoms with Crippen molar-refractivity contribution in [1.82, 2.24) is 9.78 Å². The van der Waals surface area contributed by atoms with Gasteiger partial charge in [-0.3, -0.25) is 8.89 Å². The number of ether oxygens (including phenoxy) is 1. The van der Waals surface area contributed by atoms with Crippen molar-refractivity contribution in [3.05, 3.63) is 42.6 Å². The fourth-order valence-corrected chi connectivity index (χ4v) is 3.47. The number of aromatic nitrogens is 2. The van der Waals surface area contributed by atoms with E-state index in [1.165, 1.54) is 0 Å². The first-order chi connectivity index (χ1) is 12.5. The van der Waals surface area contributed by atoms with Crippen LogP contribution >= 0.6 is 12.2 Å². The molecule has 1 atom stereocenters. The molecule has 0 aliphatic rings. The Morgan fingerprint density at radius 3 is 2.73 bits per heavy atom. The van der Waals surface area contributed by atoms with Crippen LogP contribution in [-0.4, -0.2) is 32.5 Å². The molecule has 2 aromatic carbocycles. The lowest BCUT2D eigenvalue weighted by molar-refractivity contribution is 0.416. The zero-order valence-electron chi connectivity index (χ0n) is 14.8. The van der Waals surface area contributed by atoms with Crippen LogP contribution in [0.4, 0.5) is 11.4 Å². The van der Waals surface area contributed by atoms with Gasteiger partial charge in [0, 0.05) is 33.9 Å². The molecule has 1 aromatic heterocycles. The van der Waals surface area contributed by atoms with Gasteiger partial charge in [-0.25, -0.2) is 0 Å². The van der Waals surface area contributed by atoms with Crippen molar-refractivity contribution in [2.45, 2.75) is 18.4 Å². The summed E-state index contributed by atoms with van der Waals surface area (Å²) in [4.78, 5) is 0.697. The summed E-state index contributed by atoms with van der Waals surface area (Å²) < 4.78 is 19.0. The van der Waals surface area contributed by atoms with Gasteiger partial charge in [0.25, 0.3) is 0 Å². The van der Waals surface area contributed by atoms with Crippen LogP contribution in [0.3, 0.4) is 0 Å². The third-order valence-corrected chi connectivity index (χ3v) is 5.11. The molecular formula is C18H20N4O2S2. The molecule has 0 spiro atoms. The molecule has 2 N–H and O–H groups in total. The SMILES string of the molecule is CCn1ncc2c(NC(=S)Nc3cc(S(C)=O)ccc3OC)cccc21. The fraction of sp³-hybridized carbons (Fsp3) is 0.222. The second-order valence-corrected chi connectivity index (χ2v) is 7.38. The Morgan fingerprint density at radius 2 is 2.04 bits per heavy atom. The smallest absolute Gasteiger partial charge is 0.175 e. The van der Waals surface area contributed by atoms with Gasteiger partial charge in [-0.05, 0) is 49.5 Å². The van der Waals surface area contributed by atoms with E-state index < -0.39 is 10.8 Å². The first-order valence-electron chi connectivity index (χ1n) is 8.07. The number of thiocarbonyl (C=S) groups is 1. The maximum Gasteiger partial charge on any atom is 0.175 e. The largest absolute Gasteiger partial charge is 0.495 e.